The van der Waals surface area contributed by atoms with Gasteiger partial charge in [-0.05, 0) is 82.9 Å². The van der Waals surface area contributed by atoms with Crippen LogP contribution in [0.2, 0.25) is 0 Å². The molecule has 0 unspecified atom stereocenters. The number of hydrogen-bond acceptors (Lipinski definition) is 10. The number of pyridine rings is 1. The van der Waals surface area contributed by atoms with Crippen LogP contribution in [-0.4, -0.2) is 90.3 Å². The molecule has 5 atom stereocenters. The van der Waals surface area contributed by atoms with E-state index >= 15 is 0 Å². The van der Waals surface area contributed by atoms with Crippen LogP contribution in [0.3, 0.4) is 0 Å². The Morgan fingerprint density at radius 2 is 1.93 bits per heavy atom. The van der Waals surface area contributed by atoms with Crippen LogP contribution in [0.25, 0.3) is 10.9 Å². The van der Waals surface area contributed by atoms with Crippen LogP contribution in [0.5, 0.6) is 11.5 Å². The number of rotatable bonds is 8. The van der Waals surface area contributed by atoms with Crippen molar-refractivity contribution in [1.29, 1.82) is 0 Å². The van der Waals surface area contributed by atoms with Crippen molar-refractivity contribution >= 4 is 44.7 Å². The van der Waals surface area contributed by atoms with Gasteiger partial charge in [0.1, 0.15) is 34.7 Å². The average Bonchev–Trinajstić information content (AvgIpc) is 4.06. The lowest BCUT2D eigenvalue weighted by Gasteiger charge is -2.37. The summed E-state index contributed by atoms with van der Waals surface area (Å²) in [5, 5.41) is 6.10. The fourth-order valence-electron chi connectivity index (χ4n) is 8.19. The van der Waals surface area contributed by atoms with Crippen molar-refractivity contribution in [3.05, 3.63) is 41.6 Å². The number of benzene rings is 1. The van der Waals surface area contributed by atoms with E-state index in [1.165, 1.54) is 12.0 Å². The molecular weight excluding hydrogens is 753 g/mol. The van der Waals surface area contributed by atoms with Crippen molar-refractivity contribution in [2.24, 2.45) is 5.92 Å². The Morgan fingerprint density at radius 3 is 2.64 bits per heavy atom. The van der Waals surface area contributed by atoms with Gasteiger partial charge in [0.2, 0.25) is 21.8 Å². The molecule has 3 fully saturated rings. The average molecular weight is 802 g/mol. The second-order valence-electron chi connectivity index (χ2n) is 16.0. The van der Waals surface area contributed by atoms with E-state index in [0.717, 1.165) is 6.42 Å². The summed E-state index contributed by atoms with van der Waals surface area (Å²) in [7, 11) is -2.56. The number of alkyl carbamates (subject to hydrolysis) is 1. The van der Waals surface area contributed by atoms with E-state index in [9.17, 15) is 36.4 Å². The van der Waals surface area contributed by atoms with Gasteiger partial charge in [-0.15, -0.1) is 0 Å². The van der Waals surface area contributed by atoms with Gasteiger partial charge in [0.05, 0.1) is 30.5 Å². The number of amides is 4. The zero-order valence-corrected chi connectivity index (χ0v) is 32.6. The van der Waals surface area contributed by atoms with Gasteiger partial charge < -0.3 is 29.7 Å². The summed E-state index contributed by atoms with van der Waals surface area (Å²) >= 11 is 0. The third kappa shape index (κ3) is 7.50. The normalized spacial score (nSPS) is 29.1. The molecule has 1 saturated heterocycles. The molecule has 0 bridgehead atoms. The molecule has 14 nitrogen and oxygen atoms in total. The first kappa shape index (κ1) is 39.7. The second kappa shape index (κ2) is 15.1. The molecular formula is C39H49F2N5O9S. The maximum atomic E-state index is 14.7. The smallest absolute Gasteiger partial charge is 0.407 e. The zero-order valence-electron chi connectivity index (χ0n) is 31.8. The number of methoxy groups -OCH3 is 1. The van der Waals surface area contributed by atoms with Crippen molar-refractivity contribution in [1.82, 2.24) is 25.2 Å². The Balaban J connectivity index is 1.25. The summed E-state index contributed by atoms with van der Waals surface area (Å²) in [6.45, 7) is 3.32. The number of hydrogen-bond donors (Lipinski definition) is 3. The predicted octanol–water partition coefficient (Wildman–Crippen LogP) is 4.74. The summed E-state index contributed by atoms with van der Waals surface area (Å²) in [5.41, 5.74) is -2.66. The molecule has 7 rings (SSSR count). The SMILES string of the molecule is CCCOC(=O)N[C@H]1CCCCC/C=C\[C@@H]2C[C@@]2(C(=O)NS(=O)(=O)C2(C)CC2)NC(=O)[C@@H]2C[C@]3(CCc4c(c(C(F)F)nc5ccc(OC)cc45)O3)CN2C1=O. The molecule has 3 aliphatic heterocycles. The molecule has 1 aromatic carbocycles. The van der Waals surface area contributed by atoms with Gasteiger partial charge in [-0.3, -0.25) is 19.1 Å². The van der Waals surface area contributed by atoms with Crippen LogP contribution in [0.4, 0.5) is 13.6 Å². The Bertz CT molecular complexity index is 2060. The highest BCUT2D eigenvalue weighted by Gasteiger charge is 2.64. The minimum Gasteiger partial charge on any atom is -0.497 e. The molecule has 1 aromatic heterocycles. The number of halogens is 2. The Hall–Kier alpha value is -4.54. The van der Waals surface area contributed by atoms with Crippen LogP contribution < -0.4 is 24.8 Å². The molecule has 2 aromatic rings. The van der Waals surface area contributed by atoms with Crippen LogP contribution in [0, 0.1) is 5.92 Å². The summed E-state index contributed by atoms with van der Waals surface area (Å²) in [4.78, 5) is 61.5. The maximum absolute atomic E-state index is 14.7. The first-order valence-electron chi connectivity index (χ1n) is 19.4. The van der Waals surface area contributed by atoms with Crippen molar-refractivity contribution in [3.8, 4) is 11.5 Å². The van der Waals surface area contributed by atoms with E-state index < -0.39 is 79.8 Å². The van der Waals surface area contributed by atoms with Gasteiger partial charge in [0.15, 0.2) is 5.75 Å². The van der Waals surface area contributed by atoms with Crippen LogP contribution in [0.15, 0.2) is 30.4 Å². The Morgan fingerprint density at radius 1 is 1.14 bits per heavy atom. The lowest BCUT2D eigenvalue weighted by atomic mass is 9.87. The Kier molecular flexibility index (Phi) is 10.7. The molecule has 2 saturated carbocycles. The molecule has 3 N–H and O–H groups in total. The van der Waals surface area contributed by atoms with Gasteiger partial charge in [0, 0.05) is 23.3 Å². The number of ether oxygens (including phenoxy) is 3. The fraction of sp³-hybridized carbons (Fsp3) is 0.615. The molecule has 304 valence electrons. The largest absolute Gasteiger partial charge is 0.497 e. The van der Waals surface area contributed by atoms with Gasteiger partial charge in [0.25, 0.3) is 12.3 Å². The predicted molar refractivity (Wildman–Crippen MR) is 200 cm³/mol. The monoisotopic (exact) mass is 801 g/mol. The highest BCUT2D eigenvalue weighted by atomic mass is 32.2. The summed E-state index contributed by atoms with van der Waals surface area (Å²) < 4.78 is 74.0. The fourth-order valence-corrected chi connectivity index (χ4v) is 9.50. The second-order valence-corrected chi connectivity index (χ2v) is 18.2. The molecule has 5 aliphatic rings. The van der Waals surface area contributed by atoms with E-state index in [4.69, 9.17) is 14.2 Å². The van der Waals surface area contributed by atoms with E-state index in [1.54, 1.807) is 25.1 Å². The van der Waals surface area contributed by atoms with Crippen molar-refractivity contribution in [2.45, 2.75) is 125 Å². The number of allylic oxidation sites excluding steroid dienone is 1. The molecule has 4 heterocycles. The molecule has 4 amide bonds. The molecule has 2 aliphatic carbocycles. The quantitative estimate of drug-likeness (QED) is 0.316. The highest BCUT2D eigenvalue weighted by Crippen LogP contribution is 2.50. The van der Waals surface area contributed by atoms with E-state index in [1.807, 2.05) is 19.1 Å². The third-order valence-corrected chi connectivity index (χ3v) is 14.1. The molecule has 0 radical (unpaired) electrons. The number of aromatic nitrogens is 1. The first-order chi connectivity index (χ1) is 26.6. The van der Waals surface area contributed by atoms with Gasteiger partial charge in [-0.25, -0.2) is 27.0 Å². The van der Waals surface area contributed by atoms with Crippen LogP contribution in [-0.2, 0) is 35.6 Å². The molecule has 1 spiro atoms. The van der Waals surface area contributed by atoms with Crippen molar-refractivity contribution in [3.63, 3.8) is 0 Å². The van der Waals surface area contributed by atoms with E-state index in [-0.39, 0.29) is 51.0 Å². The lowest BCUT2D eigenvalue weighted by molar-refractivity contribution is -0.141. The van der Waals surface area contributed by atoms with Crippen molar-refractivity contribution < 1.29 is 50.6 Å². The minimum absolute atomic E-state index is 0.123. The van der Waals surface area contributed by atoms with Crippen LogP contribution in [0.1, 0.15) is 102 Å². The number of sulfonamides is 1. The number of nitrogens with zero attached hydrogens (tertiary/aromatic N) is 2. The number of nitrogens with one attached hydrogen (secondary N) is 3. The number of carbonyl (C=O) groups is 4. The number of fused-ring (bicyclic) bond motifs is 5. The van der Waals surface area contributed by atoms with E-state index in [2.05, 4.69) is 20.3 Å². The van der Waals surface area contributed by atoms with Gasteiger partial charge >= 0.3 is 6.09 Å². The summed E-state index contributed by atoms with van der Waals surface area (Å²) in [6.07, 6.45) is 4.67. The standard InChI is InChI=1S/C39H49F2N5O9S/c1-4-18-54-36(50)43-28-11-9-7-5-6-8-10-23-20-39(23,35(49)45-56(51,52)37(2)16-17-37)44-33(47)29-21-38(22-46(29)34(28)48)15-14-25-26-19-24(53-3)12-13-27(26)42-30(32(40)41)31(25)55-38/h8,10,12-13,19,23,28-29,32H,4-7,9,11,14-18,20-22H2,1-3H3,(H,43,50)(H,44,47)(H,45,49)/b10-8-/t23-,28+,29+,38-,39-/m1/s1. The van der Waals surface area contributed by atoms with E-state index in [0.29, 0.717) is 60.7 Å². The first-order valence-corrected chi connectivity index (χ1v) is 20.9. The number of carbonyl (C=O) groups excluding carboxylic acids is 4. The topological polar surface area (TPSA) is 182 Å². The molecule has 17 heteroatoms. The maximum Gasteiger partial charge on any atom is 0.407 e. The number of alkyl halides is 2. The summed E-state index contributed by atoms with van der Waals surface area (Å²) in [6, 6.07) is 2.57. The van der Waals surface area contributed by atoms with Crippen molar-refractivity contribution in [2.75, 3.05) is 20.3 Å². The highest BCUT2D eigenvalue weighted by molar-refractivity contribution is 7.91. The lowest BCUT2D eigenvalue weighted by Crippen LogP contribution is -2.58. The van der Waals surface area contributed by atoms with Gasteiger partial charge in [-0.2, -0.15) is 0 Å². The number of aryl methyl sites for hydroxylation is 1. The molecule has 56 heavy (non-hydrogen) atoms. The zero-order chi connectivity index (χ0) is 40.0. The van der Waals surface area contributed by atoms with Crippen LogP contribution >= 0.6 is 0 Å². The third-order valence-electron chi connectivity index (χ3n) is 12.0. The summed E-state index contributed by atoms with van der Waals surface area (Å²) in [5.74, 6) is -2.32. The van der Waals surface area contributed by atoms with Gasteiger partial charge in [-0.1, -0.05) is 31.9 Å². The Labute approximate surface area is 324 Å². The minimum atomic E-state index is -4.05.